The molecule has 0 radical (unpaired) electrons. The van der Waals surface area contributed by atoms with Crippen molar-refractivity contribution in [1.29, 1.82) is 0 Å². The minimum absolute atomic E-state index is 0.220. The maximum absolute atomic E-state index is 11.9. The summed E-state index contributed by atoms with van der Waals surface area (Å²) in [6, 6.07) is 1.37. The minimum atomic E-state index is 0.220. The Kier molecular flexibility index (Phi) is 3.60. The molecule has 2 aliphatic heterocycles. The SMILES string of the molecule is CC(=O)N1CCC[C@H]1[C@@H]1CCCN1Cc1nnnn1C1CC1. The highest BCUT2D eigenvalue weighted by Crippen LogP contribution is 2.35. The summed E-state index contributed by atoms with van der Waals surface area (Å²) in [7, 11) is 0. The lowest BCUT2D eigenvalue weighted by Crippen LogP contribution is -2.47. The topological polar surface area (TPSA) is 67.2 Å². The minimum Gasteiger partial charge on any atom is -0.338 e. The lowest BCUT2D eigenvalue weighted by molar-refractivity contribution is -0.130. The van der Waals surface area contributed by atoms with Gasteiger partial charge in [0.1, 0.15) is 0 Å². The van der Waals surface area contributed by atoms with E-state index in [1.165, 1.54) is 25.7 Å². The third-order valence-electron chi connectivity index (χ3n) is 5.36. The summed E-state index contributed by atoms with van der Waals surface area (Å²) in [6.07, 6.45) is 7.05. The Morgan fingerprint density at radius 2 is 1.91 bits per heavy atom. The van der Waals surface area contributed by atoms with Crippen LogP contribution in [0, 0.1) is 0 Å². The summed E-state index contributed by atoms with van der Waals surface area (Å²) < 4.78 is 2.01. The van der Waals surface area contributed by atoms with Crippen molar-refractivity contribution in [2.24, 2.45) is 0 Å². The van der Waals surface area contributed by atoms with Gasteiger partial charge in [-0.2, -0.15) is 0 Å². The summed E-state index contributed by atoms with van der Waals surface area (Å²) >= 11 is 0. The second kappa shape index (κ2) is 5.61. The molecule has 0 N–H and O–H groups in total. The number of nitrogens with zero attached hydrogens (tertiary/aromatic N) is 6. The molecule has 0 unspecified atom stereocenters. The van der Waals surface area contributed by atoms with E-state index in [-0.39, 0.29) is 5.91 Å². The molecule has 0 bridgehead atoms. The van der Waals surface area contributed by atoms with Gasteiger partial charge >= 0.3 is 0 Å². The zero-order chi connectivity index (χ0) is 15.1. The van der Waals surface area contributed by atoms with Gasteiger partial charge in [-0.1, -0.05) is 0 Å². The van der Waals surface area contributed by atoms with E-state index in [4.69, 9.17) is 0 Å². The smallest absolute Gasteiger partial charge is 0.219 e. The molecule has 7 nitrogen and oxygen atoms in total. The van der Waals surface area contributed by atoms with Crippen LogP contribution in [0.1, 0.15) is 57.3 Å². The molecule has 3 fully saturated rings. The Hall–Kier alpha value is -1.50. The van der Waals surface area contributed by atoms with Gasteiger partial charge in [-0.25, -0.2) is 4.68 Å². The average Bonchev–Trinajstić information content (AvgIpc) is 2.95. The van der Waals surface area contributed by atoms with Crippen LogP contribution in [0.2, 0.25) is 0 Å². The number of carbonyl (C=O) groups is 1. The van der Waals surface area contributed by atoms with E-state index >= 15 is 0 Å². The standard InChI is InChI=1S/C15H24N6O/c1-11(22)20-9-3-5-14(20)13-4-2-8-19(13)10-15-16-17-18-21(15)12-6-7-12/h12-14H,2-10H2,1H3/t13-,14-/m0/s1. The van der Waals surface area contributed by atoms with Gasteiger partial charge in [-0.3, -0.25) is 9.69 Å². The number of hydrogen-bond donors (Lipinski definition) is 0. The molecular formula is C15H24N6O. The number of tetrazole rings is 1. The molecule has 22 heavy (non-hydrogen) atoms. The lowest BCUT2D eigenvalue weighted by atomic mass is 10.0. The number of rotatable bonds is 4. The quantitative estimate of drug-likeness (QED) is 0.829. The van der Waals surface area contributed by atoms with Crippen molar-refractivity contribution in [3.8, 4) is 0 Å². The third kappa shape index (κ3) is 2.51. The zero-order valence-electron chi connectivity index (χ0n) is 13.2. The van der Waals surface area contributed by atoms with Crippen molar-refractivity contribution in [2.75, 3.05) is 13.1 Å². The largest absolute Gasteiger partial charge is 0.338 e. The summed E-state index contributed by atoms with van der Waals surface area (Å²) in [5, 5.41) is 12.2. The Labute approximate surface area is 130 Å². The van der Waals surface area contributed by atoms with Crippen molar-refractivity contribution in [1.82, 2.24) is 30.0 Å². The van der Waals surface area contributed by atoms with Crippen molar-refractivity contribution in [3.05, 3.63) is 5.82 Å². The van der Waals surface area contributed by atoms with Crippen LogP contribution in [0.4, 0.5) is 0 Å². The molecule has 1 aromatic heterocycles. The van der Waals surface area contributed by atoms with E-state index < -0.39 is 0 Å². The van der Waals surface area contributed by atoms with Crippen LogP contribution in [-0.4, -0.2) is 61.1 Å². The fraction of sp³-hybridized carbons (Fsp3) is 0.867. The molecule has 120 valence electrons. The van der Waals surface area contributed by atoms with E-state index in [0.717, 1.165) is 38.3 Å². The van der Waals surface area contributed by atoms with Gasteiger partial charge < -0.3 is 4.90 Å². The summed E-state index contributed by atoms with van der Waals surface area (Å²) in [6.45, 7) is 4.52. The van der Waals surface area contributed by atoms with E-state index in [0.29, 0.717) is 18.1 Å². The lowest BCUT2D eigenvalue weighted by Gasteiger charge is -2.34. The second-order valence-corrected chi connectivity index (χ2v) is 6.87. The molecule has 1 saturated carbocycles. The maximum Gasteiger partial charge on any atom is 0.219 e. The van der Waals surface area contributed by atoms with Gasteiger partial charge in [-0.05, 0) is 55.5 Å². The summed E-state index contributed by atoms with van der Waals surface area (Å²) in [5.74, 6) is 1.21. The van der Waals surface area contributed by atoms with Gasteiger partial charge in [0.25, 0.3) is 0 Å². The Balaban J connectivity index is 1.49. The van der Waals surface area contributed by atoms with Crippen molar-refractivity contribution in [2.45, 2.75) is 70.1 Å². The number of carbonyl (C=O) groups excluding carboxylic acids is 1. The highest BCUT2D eigenvalue weighted by molar-refractivity contribution is 5.74. The summed E-state index contributed by atoms with van der Waals surface area (Å²) in [5.41, 5.74) is 0. The molecule has 0 aromatic carbocycles. The van der Waals surface area contributed by atoms with Crippen LogP contribution in [0.15, 0.2) is 0 Å². The van der Waals surface area contributed by atoms with Crippen LogP contribution in [0.3, 0.4) is 0 Å². The monoisotopic (exact) mass is 304 g/mol. The van der Waals surface area contributed by atoms with E-state index in [1.807, 2.05) is 4.68 Å². The van der Waals surface area contributed by atoms with Gasteiger partial charge in [-0.15, -0.1) is 5.10 Å². The predicted octanol–water partition coefficient (Wildman–Crippen LogP) is 0.983. The van der Waals surface area contributed by atoms with Crippen LogP contribution >= 0.6 is 0 Å². The fourth-order valence-corrected chi connectivity index (χ4v) is 4.17. The first kappa shape index (κ1) is 14.1. The van der Waals surface area contributed by atoms with Crippen LogP contribution in [0.5, 0.6) is 0 Å². The van der Waals surface area contributed by atoms with Crippen LogP contribution < -0.4 is 0 Å². The van der Waals surface area contributed by atoms with E-state index in [9.17, 15) is 4.79 Å². The molecule has 2 atom stereocenters. The predicted molar refractivity (Wildman–Crippen MR) is 79.9 cm³/mol. The van der Waals surface area contributed by atoms with E-state index in [1.54, 1.807) is 6.92 Å². The van der Waals surface area contributed by atoms with Crippen molar-refractivity contribution >= 4 is 5.91 Å². The number of hydrogen-bond acceptors (Lipinski definition) is 5. The third-order valence-corrected chi connectivity index (χ3v) is 5.36. The first-order chi connectivity index (χ1) is 10.7. The van der Waals surface area contributed by atoms with Gasteiger partial charge in [0.15, 0.2) is 5.82 Å². The molecule has 1 aliphatic carbocycles. The van der Waals surface area contributed by atoms with Crippen molar-refractivity contribution in [3.63, 3.8) is 0 Å². The molecule has 4 rings (SSSR count). The molecule has 1 amide bonds. The normalized spacial score (nSPS) is 29.4. The number of aromatic nitrogens is 4. The molecule has 7 heteroatoms. The summed E-state index contributed by atoms with van der Waals surface area (Å²) in [4.78, 5) is 16.4. The molecule has 3 aliphatic rings. The van der Waals surface area contributed by atoms with Crippen LogP contribution in [-0.2, 0) is 11.3 Å². The Morgan fingerprint density at radius 3 is 2.68 bits per heavy atom. The molecule has 2 saturated heterocycles. The van der Waals surface area contributed by atoms with Gasteiger partial charge in [0.05, 0.1) is 12.6 Å². The molecule has 3 heterocycles. The fourth-order valence-electron chi connectivity index (χ4n) is 4.17. The van der Waals surface area contributed by atoms with Crippen LogP contribution in [0.25, 0.3) is 0 Å². The molecule has 1 aromatic rings. The maximum atomic E-state index is 11.9. The first-order valence-electron chi connectivity index (χ1n) is 8.52. The Bertz CT molecular complexity index is 554. The van der Waals surface area contributed by atoms with Gasteiger partial charge in [0, 0.05) is 25.6 Å². The first-order valence-corrected chi connectivity index (χ1v) is 8.52. The highest BCUT2D eigenvalue weighted by Gasteiger charge is 2.39. The highest BCUT2D eigenvalue weighted by atomic mass is 16.2. The van der Waals surface area contributed by atoms with Crippen molar-refractivity contribution < 1.29 is 4.79 Å². The molecular weight excluding hydrogens is 280 g/mol. The zero-order valence-corrected chi connectivity index (χ0v) is 13.2. The molecule has 0 spiro atoms. The average molecular weight is 304 g/mol. The Morgan fingerprint density at radius 1 is 1.14 bits per heavy atom. The number of likely N-dealkylation sites (tertiary alicyclic amines) is 2. The van der Waals surface area contributed by atoms with E-state index in [2.05, 4.69) is 25.3 Å². The number of amides is 1. The second-order valence-electron chi connectivity index (χ2n) is 6.87. The van der Waals surface area contributed by atoms with Gasteiger partial charge in [0.2, 0.25) is 5.91 Å².